The highest BCUT2D eigenvalue weighted by Gasteiger charge is 2.37. The number of aliphatic carboxylic acids is 1. The molecule has 210 valence electrons. The lowest BCUT2D eigenvalue weighted by Crippen LogP contribution is -2.42. The third kappa shape index (κ3) is 6.76. The normalized spacial score (nSPS) is 16.3. The van der Waals surface area contributed by atoms with Gasteiger partial charge < -0.3 is 14.6 Å². The number of likely N-dealkylation sites (tertiary alicyclic amines) is 1. The predicted molar refractivity (Wildman–Crippen MR) is 134 cm³/mol. The minimum absolute atomic E-state index is 0.0597. The van der Waals surface area contributed by atoms with Crippen molar-refractivity contribution in [1.29, 1.82) is 0 Å². The van der Waals surface area contributed by atoms with Crippen LogP contribution in [-0.4, -0.2) is 54.3 Å². The molecule has 1 aliphatic heterocycles. The fraction of sp³-hybridized carbons (Fsp3) is 0.429. The fourth-order valence-electron chi connectivity index (χ4n) is 5.22. The molecule has 1 aliphatic rings. The second-order valence-corrected chi connectivity index (χ2v) is 9.87. The fourth-order valence-corrected chi connectivity index (χ4v) is 5.22. The van der Waals surface area contributed by atoms with Gasteiger partial charge in [-0.3, -0.25) is 14.7 Å². The van der Waals surface area contributed by atoms with Gasteiger partial charge in [-0.25, -0.2) is 22.0 Å². The molecule has 1 N–H and O–H groups in total. The Labute approximate surface area is 222 Å². The molecule has 2 heterocycles. The zero-order valence-corrected chi connectivity index (χ0v) is 21.4. The van der Waals surface area contributed by atoms with E-state index in [1.807, 2.05) is 4.90 Å². The zero-order valence-electron chi connectivity index (χ0n) is 21.4. The van der Waals surface area contributed by atoms with Crippen molar-refractivity contribution in [2.75, 3.05) is 33.4 Å². The molecule has 4 rings (SSSR count). The molecule has 6 nitrogen and oxygen atoms in total. The van der Waals surface area contributed by atoms with Crippen LogP contribution in [0.25, 0.3) is 10.9 Å². The molecule has 1 aromatic heterocycles. The van der Waals surface area contributed by atoms with Crippen LogP contribution in [-0.2, 0) is 4.79 Å². The molecule has 0 saturated carbocycles. The highest BCUT2D eigenvalue weighted by atomic mass is 19.2. The Morgan fingerprint density at radius 1 is 1.10 bits per heavy atom. The van der Waals surface area contributed by atoms with E-state index in [1.54, 1.807) is 12.1 Å². The van der Waals surface area contributed by atoms with Gasteiger partial charge in [0.25, 0.3) is 0 Å². The van der Waals surface area contributed by atoms with Crippen LogP contribution in [0.5, 0.6) is 11.5 Å². The molecule has 1 fully saturated rings. The van der Waals surface area contributed by atoms with E-state index in [4.69, 9.17) is 9.47 Å². The third-order valence-electron chi connectivity index (χ3n) is 7.37. The number of carboxylic acid groups (broad SMARTS) is 1. The Bertz CT molecular complexity index is 1310. The van der Waals surface area contributed by atoms with Gasteiger partial charge in [-0.2, -0.15) is 0 Å². The number of pyridine rings is 1. The second-order valence-electron chi connectivity index (χ2n) is 9.87. The van der Waals surface area contributed by atoms with Crippen molar-refractivity contribution in [2.45, 2.75) is 38.3 Å². The number of carbonyl (C=O) groups is 1. The minimum atomic E-state index is -1.68. The summed E-state index contributed by atoms with van der Waals surface area (Å²) in [7, 11) is 1.45. The summed E-state index contributed by atoms with van der Waals surface area (Å²) in [6.07, 6.45) is 0.172. The molecule has 0 spiro atoms. The lowest BCUT2D eigenvalue weighted by molar-refractivity contribution is -0.141. The number of ether oxygens (including phenoxy) is 2. The molecule has 39 heavy (non-hydrogen) atoms. The summed E-state index contributed by atoms with van der Waals surface area (Å²) in [5, 5.41) is 9.86. The molecule has 1 atom stereocenters. The van der Waals surface area contributed by atoms with Crippen LogP contribution in [0.15, 0.2) is 36.5 Å². The first-order valence-electron chi connectivity index (χ1n) is 12.6. The molecule has 11 heteroatoms. The Hall–Kier alpha value is -3.47. The van der Waals surface area contributed by atoms with Crippen molar-refractivity contribution in [3.63, 3.8) is 0 Å². The molecule has 1 saturated heterocycles. The van der Waals surface area contributed by atoms with Crippen LogP contribution < -0.4 is 9.47 Å². The quantitative estimate of drug-likeness (QED) is 0.285. The largest absolute Gasteiger partial charge is 0.497 e. The number of piperidine rings is 1. The van der Waals surface area contributed by atoms with Crippen LogP contribution in [0.3, 0.4) is 0 Å². The van der Waals surface area contributed by atoms with Crippen molar-refractivity contribution in [3.8, 4) is 11.5 Å². The maximum absolute atomic E-state index is 15.6. The first kappa shape index (κ1) is 28.5. The van der Waals surface area contributed by atoms with Crippen LogP contribution in [0.1, 0.15) is 43.8 Å². The van der Waals surface area contributed by atoms with Gasteiger partial charge in [0.1, 0.15) is 30.2 Å². The summed E-state index contributed by atoms with van der Waals surface area (Å²) in [5.41, 5.74) is -0.398. The van der Waals surface area contributed by atoms with E-state index in [0.717, 1.165) is 6.20 Å². The van der Waals surface area contributed by atoms with E-state index in [2.05, 4.69) is 4.98 Å². The van der Waals surface area contributed by atoms with Gasteiger partial charge in [-0.15, -0.1) is 0 Å². The number of hydrogen-bond acceptors (Lipinski definition) is 5. The number of halogens is 5. The van der Waals surface area contributed by atoms with Gasteiger partial charge in [0.15, 0.2) is 17.4 Å². The highest BCUT2D eigenvalue weighted by Crippen LogP contribution is 2.43. The summed E-state index contributed by atoms with van der Waals surface area (Å²) >= 11 is 0. The van der Waals surface area contributed by atoms with Crippen LogP contribution in [0.4, 0.5) is 22.0 Å². The van der Waals surface area contributed by atoms with Gasteiger partial charge in [-0.05, 0) is 62.4 Å². The molecular formula is C28H29F5N2O4. The van der Waals surface area contributed by atoms with Gasteiger partial charge in [0, 0.05) is 29.6 Å². The average molecular weight is 553 g/mol. The maximum Gasteiger partial charge on any atom is 0.303 e. The van der Waals surface area contributed by atoms with Crippen molar-refractivity contribution in [1.82, 2.24) is 9.88 Å². The number of alkyl halides is 1. The number of methoxy groups -OCH3 is 1. The van der Waals surface area contributed by atoms with Crippen molar-refractivity contribution in [2.24, 2.45) is 5.41 Å². The summed E-state index contributed by atoms with van der Waals surface area (Å²) in [5.74, 6) is -5.32. The van der Waals surface area contributed by atoms with Crippen LogP contribution in [0.2, 0.25) is 0 Å². The molecule has 0 aliphatic carbocycles. The first-order chi connectivity index (χ1) is 18.6. The molecule has 0 bridgehead atoms. The standard InChI is InChI=1S/C28H29F5N2O4/c1-38-18-2-3-24-19(14-18)26(23(33)16-34-24)20(30)4-5-28(15-25(36)37)6-8-35(9-7-28)10-11-39-27-21(31)12-17(29)13-22(27)32/h2-3,12-14,16,20H,4-11,15H2,1H3,(H,36,37). The van der Waals surface area contributed by atoms with Crippen molar-refractivity contribution < 1.29 is 41.3 Å². The smallest absolute Gasteiger partial charge is 0.303 e. The molecule has 3 aromatic rings. The van der Waals surface area contributed by atoms with Crippen LogP contribution in [0, 0.1) is 28.7 Å². The van der Waals surface area contributed by atoms with E-state index in [9.17, 15) is 27.5 Å². The lowest BCUT2D eigenvalue weighted by atomic mass is 9.71. The van der Waals surface area contributed by atoms with E-state index >= 15 is 4.39 Å². The Morgan fingerprint density at radius 3 is 2.44 bits per heavy atom. The van der Waals surface area contributed by atoms with Gasteiger partial charge in [0.05, 0.1) is 25.2 Å². The molecule has 0 amide bonds. The van der Waals surface area contributed by atoms with Crippen molar-refractivity contribution in [3.05, 3.63) is 65.4 Å². The van der Waals surface area contributed by atoms with Crippen molar-refractivity contribution >= 4 is 16.9 Å². The number of carboxylic acids is 1. The van der Waals surface area contributed by atoms with Gasteiger partial charge in [0.2, 0.25) is 0 Å². The third-order valence-corrected chi connectivity index (χ3v) is 7.37. The number of aromatic nitrogens is 1. The van der Waals surface area contributed by atoms with E-state index in [1.165, 1.54) is 13.2 Å². The monoisotopic (exact) mass is 552 g/mol. The second kappa shape index (κ2) is 12.1. The zero-order chi connectivity index (χ0) is 28.2. The van der Waals surface area contributed by atoms with Crippen LogP contribution >= 0.6 is 0 Å². The van der Waals surface area contributed by atoms with E-state index < -0.39 is 46.6 Å². The summed E-state index contributed by atoms with van der Waals surface area (Å²) in [6, 6.07) is 5.87. The summed E-state index contributed by atoms with van der Waals surface area (Å²) < 4.78 is 81.3. The topological polar surface area (TPSA) is 71.9 Å². The highest BCUT2D eigenvalue weighted by molar-refractivity contribution is 5.84. The number of rotatable bonds is 11. The lowest BCUT2D eigenvalue weighted by Gasteiger charge is -2.41. The molecular weight excluding hydrogens is 523 g/mol. The van der Waals surface area contributed by atoms with Gasteiger partial charge >= 0.3 is 5.97 Å². The molecule has 1 unspecified atom stereocenters. The number of benzene rings is 2. The minimum Gasteiger partial charge on any atom is -0.497 e. The summed E-state index contributed by atoms with van der Waals surface area (Å²) in [6.45, 7) is 1.18. The van der Waals surface area contributed by atoms with E-state index in [-0.39, 0.29) is 31.4 Å². The van der Waals surface area contributed by atoms with Gasteiger partial charge in [-0.1, -0.05) is 0 Å². The maximum atomic E-state index is 15.6. The number of fused-ring (bicyclic) bond motifs is 1. The first-order valence-corrected chi connectivity index (χ1v) is 12.6. The molecule has 0 radical (unpaired) electrons. The Kier molecular flexibility index (Phi) is 8.89. The SMILES string of the molecule is COc1ccc2ncc(F)c(C(F)CCC3(CC(=O)O)CCN(CCOc4c(F)cc(F)cc4F)CC3)c2c1. The average Bonchev–Trinajstić information content (AvgIpc) is 2.89. The number of nitrogens with zero attached hydrogens (tertiary/aromatic N) is 2. The predicted octanol–water partition coefficient (Wildman–Crippen LogP) is 6.23. The Balaban J connectivity index is 1.39. The Morgan fingerprint density at radius 2 is 1.79 bits per heavy atom. The number of hydrogen-bond donors (Lipinski definition) is 1. The van der Waals surface area contributed by atoms with E-state index in [0.29, 0.717) is 61.3 Å². The summed E-state index contributed by atoms with van der Waals surface area (Å²) in [4.78, 5) is 17.6. The molecule has 2 aromatic carbocycles.